The van der Waals surface area contributed by atoms with Gasteiger partial charge < -0.3 is 20.1 Å². The Bertz CT molecular complexity index is 342. The summed E-state index contributed by atoms with van der Waals surface area (Å²) in [6.07, 6.45) is 3.47. The summed E-state index contributed by atoms with van der Waals surface area (Å²) in [5.74, 6) is 1.25. The summed E-state index contributed by atoms with van der Waals surface area (Å²) in [4.78, 5) is 8.34. The molecule has 1 aromatic rings. The smallest absolute Gasteiger partial charge is 0.234 e. The van der Waals surface area contributed by atoms with Gasteiger partial charge in [0.15, 0.2) is 0 Å². The molecule has 2 heterocycles. The first-order valence-corrected chi connectivity index (χ1v) is 5.89. The molecule has 0 saturated carbocycles. The Morgan fingerprint density at radius 3 is 3.29 bits per heavy atom. The largest absolute Gasteiger partial charge is 0.477 e. The maximum absolute atomic E-state index is 5.57. The van der Waals surface area contributed by atoms with Crippen molar-refractivity contribution in [3.63, 3.8) is 0 Å². The fourth-order valence-electron chi connectivity index (χ4n) is 1.62. The van der Waals surface area contributed by atoms with Crippen LogP contribution in [-0.4, -0.2) is 48.9 Å². The van der Waals surface area contributed by atoms with E-state index in [9.17, 15) is 0 Å². The molecule has 0 aliphatic carbocycles. The molecule has 1 aromatic heterocycles. The molecule has 1 aliphatic heterocycles. The Morgan fingerprint density at radius 1 is 1.59 bits per heavy atom. The van der Waals surface area contributed by atoms with Gasteiger partial charge in [-0.3, -0.25) is 4.98 Å². The fraction of sp³-hybridized carbons (Fsp3) is 0.636. The van der Waals surface area contributed by atoms with Crippen LogP contribution in [0.2, 0.25) is 0 Å². The molecular weight excluding hydrogens is 220 g/mol. The molecule has 6 heteroatoms. The number of hydrogen-bond donors (Lipinski definition) is 2. The highest BCUT2D eigenvalue weighted by molar-refractivity contribution is 5.33. The Morgan fingerprint density at radius 2 is 2.53 bits per heavy atom. The van der Waals surface area contributed by atoms with Gasteiger partial charge in [0.2, 0.25) is 5.88 Å². The van der Waals surface area contributed by atoms with E-state index in [-0.39, 0.29) is 6.10 Å². The van der Waals surface area contributed by atoms with Crippen molar-refractivity contribution in [3.8, 4) is 5.88 Å². The molecule has 1 aliphatic rings. The van der Waals surface area contributed by atoms with E-state index in [1.54, 1.807) is 12.4 Å². The number of morpholine rings is 1. The molecule has 6 nitrogen and oxygen atoms in total. The lowest BCUT2D eigenvalue weighted by Crippen LogP contribution is -2.42. The van der Waals surface area contributed by atoms with Gasteiger partial charge >= 0.3 is 0 Å². The van der Waals surface area contributed by atoms with E-state index in [4.69, 9.17) is 9.47 Å². The van der Waals surface area contributed by atoms with Crippen molar-refractivity contribution in [2.45, 2.75) is 13.0 Å². The van der Waals surface area contributed by atoms with Crippen LogP contribution in [0.1, 0.15) is 6.92 Å². The number of rotatable bonds is 5. The van der Waals surface area contributed by atoms with Gasteiger partial charge in [0.25, 0.3) is 0 Å². The van der Waals surface area contributed by atoms with Crippen LogP contribution < -0.4 is 15.4 Å². The second-order valence-electron chi connectivity index (χ2n) is 3.75. The molecule has 2 N–H and O–H groups in total. The van der Waals surface area contributed by atoms with Gasteiger partial charge in [0.1, 0.15) is 5.82 Å². The Labute approximate surface area is 101 Å². The van der Waals surface area contributed by atoms with Crippen LogP contribution in [0.25, 0.3) is 0 Å². The molecule has 0 spiro atoms. The molecule has 1 atom stereocenters. The van der Waals surface area contributed by atoms with Crippen LogP contribution in [-0.2, 0) is 4.74 Å². The number of ether oxygens (including phenoxy) is 2. The van der Waals surface area contributed by atoms with Crippen molar-refractivity contribution in [1.29, 1.82) is 0 Å². The zero-order chi connectivity index (χ0) is 11.9. The summed E-state index contributed by atoms with van der Waals surface area (Å²) in [5, 5.41) is 6.47. The maximum Gasteiger partial charge on any atom is 0.234 e. The van der Waals surface area contributed by atoms with Gasteiger partial charge in [-0.1, -0.05) is 0 Å². The van der Waals surface area contributed by atoms with Gasteiger partial charge in [-0.25, -0.2) is 0 Å². The maximum atomic E-state index is 5.57. The van der Waals surface area contributed by atoms with Gasteiger partial charge in [0.05, 0.1) is 31.7 Å². The van der Waals surface area contributed by atoms with E-state index in [0.29, 0.717) is 18.3 Å². The molecule has 0 bridgehead atoms. The average Bonchev–Trinajstić information content (AvgIpc) is 2.39. The van der Waals surface area contributed by atoms with E-state index in [2.05, 4.69) is 20.6 Å². The van der Waals surface area contributed by atoms with Crippen LogP contribution in [0.15, 0.2) is 12.4 Å². The van der Waals surface area contributed by atoms with Crippen LogP contribution in [0.5, 0.6) is 5.88 Å². The molecule has 1 unspecified atom stereocenters. The zero-order valence-electron chi connectivity index (χ0n) is 9.98. The lowest BCUT2D eigenvalue weighted by molar-refractivity contribution is 0.0372. The lowest BCUT2D eigenvalue weighted by Gasteiger charge is -2.23. The highest BCUT2D eigenvalue weighted by Gasteiger charge is 2.12. The Balaban J connectivity index is 1.83. The molecule has 1 fully saturated rings. The molecule has 1 saturated heterocycles. The minimum absolute atomic E-state index is 0.182. The van der Waals surface area contributed by atoms with Crippen molar-refractivity contribution < 1.29 is 9.47 Å². The SMILES string of the molecule is CCOc1cncc(NCC2CNCCO2)n1. The van der Waals surface area contributed by atoms with E-state index in [1.807, 2.05) is 6.92 Å². The van der Waals surface area contributed by atoms with Crippen molar-refractivity contribution in [3.05, 3.63) is 12.4 Å². The van der Waals surface area contributed by atoms with E-state index >= 15 is 0 Å². The molecule has 0 radical (unpaired) electrons. The van der Waals surface area contributed by atoms with Crippen LogP contribution in [0.3, 0.4) is 0 Å². The van der Waals surface area contributed by atoms with Gasteiger partial charge in [-0.2, -0.15) is 4.98 Å². The normalized spacial score (nSPS) is 19.9. The standard InChI is InChI=1S/C11H18N4O2/c1-2-16-11-8-13-7-10(15-11)14-6-9-5-12-3-4-17-9/h7-9,12H,2-6H2,1H3,(H,14,15). The number of hydrogen-bond acceptors (Lipinski definition) is 6. The van der Waals surface area contributed by atoms with Crippen molar-refractivity contribution in [2.75, 3.05) is 38.2 Å². The molecule has 0 aromatic carbocycles. The Kier molecular flexibility index (Phi) is 4.52. The summed E-state index contributed by atoms with van der Waals surface area (Å²) in [5.41, 5.74) is 0. The van der Waals surface area contributed by atoms with Gasteiger partial charge in [0, 0.05) is 19.6 Å². The van der Waals surface area contributed by atoms with E-state index < -0.39 is 0 Å². The molecule has 0 amide bonds. The fourth-order valence-corrected chi connectivity index (χ4v) is 1.62. The van der Waals surface area contributed by atoms with Gasteiger partial charge in [-0.05, 0) is 6.92 Å². The zero-order valence-corrected chi connectivity index (χ0v) is 9.98. The first-order chi connectivity index (χ1) is 8.38. The third-order valence-corrected chi connectivity index (χ3v) is 2.42. The second kappa shape index (κ2) is 6.36. The molecule has 2 rings (SSSR count). The predicted molar refractivity (Wildman–Crippen MR) is 64.3 cm³/mol. The van der Waals surface area contributed by atoms with Crippen molar-refractivity contribution in [2.24, 2.45) is 0 Å². The summed E-state index contributed by atoms with van der Waals surface area (Å²) in [7, 11) is 0. The number of nitrogens with zero attached hydrogens (tertiary/aromatic N) is 2. The third-order valence-electron chi connectivity index (χ3n) is 2.42. The minimum Gasteiger partial charge on any atom is -0.477 e. The summed E-state index contributed by atoms with van der Waals surface area (Å²) >= 11 is 0. The number of anilines is 1. The monoisotopic (exact) mass is 238 g/mol. The van der Waals surface area contributed by atoms with Crippen LogP contribution in [0, 0.1) is 0 Å². The lowest BCUT2D eigenvalue weighted by atomic mass is 10.3. The Hall–Kier alpha value is -1.40. The summed E-state index contributed by atoms with van der Waals surface area (Å²) in [6, 6.07) is 0. The third kappa shape index (κ3) is 3.83. The predicted octanol–water partition coefficient (Wildman–Crippen LogP) is 0.276. The quantitative estimate of drug-likeness (QED) is 0.767. The average molecular weight is 238 g/mol. The highest BCUT2D eigenvalue weighted by atomic mass is 16.5. The number of nitrogens with one attached hydrogen (secondary N) is 2. The summed E-state index contributed by atoms with van der Waals surface area (Å²) < 4.78 is 10.9. The van der Waals surface area contributed by atoms with E-state index in [1.165, 1.54) is 0 Å². The first-order valence-electron chi connectivity index (χ1n) is 5.89. The topological polar surface area (TPSA) is 68.3 Å². The summed E-state index contributed by atoms with van der Waals surface area (Å²) in [6.45, 7) is 5.78. The van der Waals surface area contributed by atoms with Crippen molar-refractivity contribution in [1.82, 2.24) is 15.3 Å². The van der Waals surface area contributed by atoms with E-state index in [0.717, 1.165) is 26.2 Å². The number of aromatic nitrogens is 2. The molecule has 94 valence electrons. The molecular formula is C11H18N4O2. The van der Waals surface area contributed by atoms with Crippen molar-refractivity contribution >= 4 is 5.82 Å². The van der Waals surface area contributed by atoms with Crippen LogP contribution in [0.4, 0.5) is 5.82 Å². The second-order valence-corrected chi connectivity index (χ2v) is 3.75. The minimum atomic E-state index is 0.182. The highest BCUT2D eigenvalue weighted by Crippen LogP contribution is 2.09. The van der Waals surface area contributed by atoms with Gasteiger partial charge in [-0.15, -0.1) is 0 Å². The van der Waals surface area contributed by atoms with Crippen LogP contribution >= 0.6 is 0 Å². The first kappa shape index (κ1) is 12.1. The molecule has 17 heavy (non-hydrogen) atoms.